The second-order valence-electron chi connectivity index (χ2n) is 6.72. The van der Waals surface area contributed by atoms with E-state index in [0.717, 1.165) is 0 Å². The third-order valence-electron chi connectivity index (χ3n) is 4.55. The van der Waals surface area contributed by atoms with Crippen LogP contribution in [0.25, 0.3) is 0 Å². The van der Waals surface area contributed by atoms with Gasteiger partial charge in [0.1, 0.15) is 17.4 Å². The number of nitrogens with zero attached hydrogens (tertiary/aromatic N) is 2. The number of nitro groups is 1. The summed E-state index contributed by atoms with van der Waals surface area (Å²) >= 11 is 0. The van der Waals surface area contributed by atoms with E-state index in [0.29, 0.717) is 11.1 Å². The maximum Gasteiger partial charge on any atom is 0.355 e. The number of benzene rings is 2. The van der Waals surface area contributed by atoms with Gasteiger partial charge in [0.2, 0.25) is 12.3 Å². The van der Waals surface area contributed by atoms with Crippen LogP contribution in [-0.4, -0.2) is 23.1 Å². The molecule has 7 heteroatoms. The predicted octanol–water partition coefficient (Wildman–Crippen LogP) is 3.69. The van der Waals surface area contributed by atoms with Gasteiger partial charge in [-0.25, -0.2) is 14.2 Å². The van der Waals surface area contributed by atoms with E-state index >= 15 is 0 Å². The van der Waals surface area contributed by atoms with Crippen molar-refractivity contribution in [2.75, 3.05) is 6.54 Å². The third kappa shape index (κ3) is 3.58. The standard InChI is InChI=1S/C20H19FN2O4/c1-13(2)18-19(24)27-20(22-18,15-6-4-3-5-7-15)17(12-23(25)26)14-8-10-16(21)11-9-14/h3-11,13,17H,12H2,1-2H3/t17-,20-/m1/s1. The number of hydrogen-bond donors (Lipinski definition) is 0. The summed E-state index contributed by atoms with van der Waals surface area (Å²) in [5.74, 6) is -2.16. The quantitative estimate of drug-likeness (QED) is 0.441. The first kappa shape index (κ1) is 18.7. The van der Waals surface area contributed by atoms with Crippen molar-refractivity contribution in [3.63, 3.8) is 0 Å². The molecule has 0 unspecified atom stereocenters. The van der Waals surface area contributed by atoms with E-state index in [9.17, 15) is 19.3 Å². The lowest BCUT2D eigenvalue weighted by atomic mass is 9.83. The molecular formula is C20H19FN2O4. The SMILES string of the molecule is CC(C)C1=N[C@@](c2ccccc2)([C@H](C[N+](=O)[O-])c2ccc(F)cc2)OC1=O. The smallest absolute Gasteiger partial charge is 0.355 e. The first-order valence-electron chi connectivity index (χ1n) is 8.59. The Kier molecular flexibility index (Phi) is 5.03. The van der Waals surface area contributed by atoms with Crippen LogP contribution in [0.4, 0.5) is 4.39 Å². The van der Waals surface area contributed by atoms with Gasteiger partial charge in [-0.1, -0.05) is 56.3 Å². The highest BCUT2D eigenvalue weighted by Gasteiger charge is 2.52. The summed E-state index contributed by atoms with van der Waals surface area (Å²) in [6, 6.07) is 14.1. The Bertz CT molecular complexity index is 881. The van der Waals surface area contributed by atoms with Crippen molar-refractivity contribution in [2.45, 2.75) is 25.5 Å². The minimum atomic E-state index is -1.57. The molecule has 0 saturated heterocycles. The van der Waals surface area contributed by atoms with Crippen molar-refractivity contribution in [2.24, 2.45) is 10.9 Å². The fourth-order valence-corrected chi connectivity index (χ4v) is 3.26. The van der Waals surface area contributed by atoms with E-state index in [-0.39, 0.29) is 11.6 Å². The molecule has 27 heavy (non-hydrogen) atoms. The van der Waals surface area contributed by atoms with Crippen LogP contribution in [-0.2, 0) is 15.3 Å². The van der Waals surface area contributed by atoms with E-state index in [1.807, 2.05) is 13.8 Å². The molecule has 0 N–H and O–H groups in total. The highest BCUT2D eigenvalue weighted by molar-refractivity contribution is 6.38. The Hall–Kier alpha value is -3.09. The number of rotatable bonds is 6. The molecule has 0 saturated carbocycles. The highest BCUT2D eigenvalue weighted by Crippen LogP contribution is 2.45. The van der Waals surface area contributed by atoms with Crippen LogP contribution in [0.1, 0.15) is 30.9 Å². The molecule has 3 rings (SSSR count). The van der Waals surface area contributed by atoms with Gasteiger partial charge >= 0.3 is 5.97 Å². The Balaban J connectivity index is 2.22. The number of halogens is 1. The van der Waals surface area contributed by atoms with E-state index < -0.39 is 34.9 Å². The molecule has 0 radical (unpaired) electrons. The van der Waals surface area contributed by atoms with Crippen LogP contribution < -0.4 is 0 Å². The van der Waals surface area contributed by atoms with Gasteiger partial charge in [-0.2, -0.15) is 0 Å². The Morgan fingerprint density at radius 1 is 1.15 bits per heavy atom. The minimum absolute atomic E-state index is 0.201. The van der Waals surface area contributed by atoms with E-state index in [1.165, 1.54) is 24.3 Å². The van der Waals surface area contributed by atoms with Crippen LogP contribution in [0.3, 0.4) is 0 Å². The third-order valence-corrected chi connectivity index (χ3v) is 4.55. The molecule has 2 aromatic rings. The Morgan fingerprint density at radius 3 is 2.30 bits per heavy atom. The van der Waals surface area contributed by atoms with Crippen molar-refractivity contribution >= 4 is 11.7 Å². The summed E-state index contributed by atoms with van der Waals surface area (Å²) in [5.41, 5.74) is -0.332. The predicted molar refractivity (Wildman–Crippen MR) is 97.5 cm³/mol. The molecule has 0 aromatic heterocycles. The molecule has 2 atom stereocenters. The van der Waals surface area contributed by atoms with Crippen LogP contribution >= 0.6 is 0 Å². The number of hydrogen-bond acceptors (Lipinski definition) is 5. The second-order valence-corrected chi connectivity index (χ2v) is 6.72. The summed E-state index contributed by atoms with van der Waals surface area (Å²) < 4.78 is 19.1. The highest BCUT2D eigenvalue weighted by atomic mass is 19.1. The molecule has 140 valence electrons. The van der Waals surface area contributed by atoms with E-state index in [1.54, 1.807) is 30.3 Å². The number of ether oxygens (including phenoxy) is 1. The first-order valence-corrected chi connectivity index (χ1v) is 8.59. The fourth-order valence-electron chi connectivity index (χ4n) is 3.26. The second kappa shape index (κ2) is 7.26. The maximum atomic E-state index is 13.4. The lowest BCUT2D eigenvalue weighted by Crippen LogP contribution is -2.37. The van der Waals surface area contributed by atoms with Crippen molar-refractivity contribution in [3.8, 4) is 0 Å². The van der Waals surface area contributed by atoms with Crippen LogP contribution in [0.15, 0.2) is 59.6 Å². The molecule has 1 aliphatic heterocycles. The number of aliphatic imine (C=N–C) groups is 1. The molecule has 1 aliphatic rings. The number of carbonyl (C=O) groups excluding carboxylic acids is 1. The summed E-state index contributed by atoms with van der Waals surface area (Å²) in [7, 11) is 0. The van der Waals surface area contributed by atoms with Gasteiger partial charge in [0, 0.05) is 16.4 Å². The van der Waals surface area contributed by atoms with Gasteiger partial charge in [-0.15, -0.1) is 0 Å². The van der Waals surface area contributed by atoms with Crippen molar-refractivity contribution in [3.05, 3.63) is 81.7 Å². The van der Waals surface area contributed by atoms with Gasteiger partial charge in [0.25, 0.3) is 0 Å². The molecule has 6 nitrogen and oxygen atoms in total. The van der Waals surface area contributed by atoms with Crippen LogP contribution in [0, 0.1) is 21.8 Å². The van der Waals surface area contributed by atoms with Gasteiger partial charge in [0.15, 0.2) is 0 Å². The molecule has 0 amide bonds. The number of carbonyl (C=O) groups is 1. The van der Waals surface area contributed by atoms with Crippen molar-refractivity contribution in [1.82, 2.24) is 0 Å². The number of esters is 1. The summed E-state index contributed by atoms with van der Waals surface area (Å²) in [6.07, 6.45) is 0. The van der Waals surface area contributed by atoms with Gasteiger partial charge in [-0.05, 0) is 17.7 Å². The zero-order chi connectivity index (χ0) is 19.6. The maximum absolute atomic E-state index is 13.4. The van der Waals surface area contributed by atoms with Gasteiger partial charge < -0.3 is 4.74 Å². The lowest BCUT2D eigenvalue weighted by Gasteiger charge is -2.32. The zero-order valence-corrected chi connectivity index (χ0v) is 15.0. The monoisotopic (exact) mass is 370 g/mol. The lowest BCUT2D eigenvalue weighted by molar-refractivity contribution is -0.487. The minimum Gasteiger partial charge on any atom is -0.427 e. The molecule has 0 aliphatic carbocycles. The van der Waals surface area contributed by atoms with Crippen LogP contribution in [0.5, 0.6) is 0 Å². The molecule has 1 heterocycles. The Morgan fingerprint density at radius 2 is 1.78 bits per heavy atom. The molecular weight excluding hydrogens is 351 g/mol. The Labute approximate surface area is 155 Å². The zero-order valence-electron chi connectivity index (χ0n) is 15.0. The summed E-state index contributed by atoms with van der Waals surface area (Å²) in [4.78, 5) is 28.0. The molecule has 2 aromatic carbocycles. The first-order chi connectivity index (χ1) is 12.8. The summed E-state index contributed by atoms with van der Waals surface area (Å²) in [5, 5.41) is 11.4. The van der Waals surface area contributed by atoms with E-state index in [2.05, 4.69) is 4.99 Å². The molecule has 0 fully saturated rings. The van der Waals surface area contributed by atoms with E-state index in [4.69, 9.17) is 4.74 Å². The van der Waals surface area contributed by atoms with Crippen LogP contribution in [0.2, 0.25) is 0 Å². The normalized spacial score (nSPS) is 20.3. The average Bonchev–Trinajstić information content (AvgIpc) is 3.00. The average molecular weight is 370 g/mol. The van der Waals surface area contributed by atoms with Crippen molar-refractivity contribution < 1.29 is 18.8 Å². The molecule has 0 spiro atoms. The largest absolute Gasteiger partial charge is 0.427 e. The number of cyclic esters (lactones) is 1. The van der Waals surface area contributed by atoms with Gasteiger partial charge in [-0.3, -0.25) is 10.1 Å². The van der Waals surface area contributed by atoms with Crippen molar-refractivity contribution in [1.29, 1.82) is 0 Å². The summed E-state index contributed by atoms with van der Waals surface area (Å²) in [6.45, 7) is 3.09. The van der Waals surface area contributed by atoms with Gasteiger partial charge in [0.05, 0.1) is 0 Å². The molecule has 0 bridgehead atoms. The topological polar surface area (TPSA) is 81.8 Å². The fraction of sp³-hybridized carbons (Fsp3) is 0.300.